The highest BCUT2D eigenvalue weighted by molar-refractivity contribution is 5.89. The molecule has 0 fully saturated rings. The molecule has 0 aliphatic rings. The van der Waals surface area contributed by atoms with Gasteiger partial charge < -0.3 is 9.47 Å². The molecule has 8 heteroatoms. The maximum absolute atomic E-state index is 13.4. The van der Waals surface area contributed by atoms with E-state index in [4.69, 9.17) is 9.47 Å². The van der Waals surface area contributed by atoms with Gasteiger partial charge in [-0.15, -0.1) is 0 Å². The Morgan fingerprint density at radius 3 is 2.45 bits per heavy atom. The Kier molecular flexibility index (Phi) is 6.75. The molecule has 0 unspecified atom stereocenters. The maximum atomic E-state index is 13.4. The van der Waals surface area contributed by atoms with Gasteiger partial charge in [0, 0.05) is 17.3 Å². The van der Waals surface area contributed by atoms with Gasteiger partial charge in [0.05, 0.1) is 19.0 Å². The van der Waals surface area contributed by atoms with Gasteiger partial charge in [-0.2, -0.15) is 10.2 Å². The summed E-state index contributed by atoms with van der Waals surface area (Å²) in [6, 6.07) is 22.6. The van der Waals surface area contributed by atoms with Crippen molar-refractivity contribution in [1.82, 2.24) is 15.2 Å². The number of carbonyl (C=O) groups is 1. The number of amides is 1. The van der Waals surface area contributed by atoms with Crippen molar-refractivity contribution < 1.29 is 18.7 Å². The molecular formula is C25H21FN4O3. The second-order valence-corrected chi connectivity index (χ2v) is 6.95. The minimum absolute atomic E-state index is 0.230. The molecule has 1 N–H and O–H groups in total. The zero-order valence-corrected chi connectivity index (χ0v) is 17.8. The van der Waals surface area contributed by atoms with Crippen molar-refractivity contribution in [2.45, 2.75) is 0 Å². The number of para-hydroxylation sites is 3. The van der Waals surface area contributed by atoms with Crippen molar-refractivity contribution in [3.05, 3.63) is 96.4 Å². The van der Waals surface area contributed by atoms with Crippen molar-refractivity contribution in [2.75, 3.05) is 13.7 Å². The van der Waals surface area contributed by atoms with Gasteiger partial charge in [-0.25, -0.2) is 14.5 Å². The van der Waals surface area contributed by atoms with Gasteiger partial charge >= 0.3 is 0 Å². The first kappa shape index (κ1) is 21.8. The summed E-state index contributed by atoms with van der Waals surface area (Å²) in [7, 11) is 1.53. The topological polar surface area (TPSA) is 77.7 Å². The van der Waals surface area contributed by atoms with Crippen molar-refractivity contribution in [3.8, 4) is 28.4 Å². The number of hydrogen-bond donors (Lipinski definition) is 1. The lowest BCUT2D eigenvalue weighted by molar-refractivity contribution is -0.123. The van der Waals surface area contributed by atoms with Crippen molar-refractivity contribution in [1.29, 1.82) is 0 Å². The van der Waals surface area contributed by atoms with Gasteiger partial charge in [0.2, 0.25) is 0 Å². The molecular weight excluding hydrogens is 423 g/mol. The van der Waals surface area contributed by atoms with E-state index in [1.807, 2.05) is 36.4 Å². The molecule has 4 aromatic rings. The zero-order valence-electron chi connectivity index (χ0n) is 17.8. The fourth-order valence-corrected chi connectivity index (χ4v) is 3.11. The van der Waals surface area contributed by atoms with Gasteiger partial charge in [0.25, 0.3) is 5.91 Å². The summed E-state index contributed by atoms with van der Waals surface area (Å²) in [6.07, 6.45) is 3.28. The van der Waals surface area contributed by atoms with Gasteiger partial charge in [-0.05, 0) is 48.5 Å². The predicted molar refractivity (Wildman–Crippen MR) is 123 cm³/mol. The van der Waals surface area contributed by atoms with Crippen molar-refractivity contribution in [3.63, 3.8) is 0 Å². The van der Waals surface area contributed by atoms with Crippen LogP contribution in [0.2, 0.25) is 0 Å². The molecule has 0 bridgehead atoms. The number of nitrogens with zero attached hydrogens (tertiary/aromatic N) is 3. The summed E-state index contributed by atoms with van der Waals surface area (Å²) in [5, 5.41) is 8.67. The SMILES string of the molecule is COc1ccccc1OCC(=O)N/N=C/c1cn(-c2ccccc2)nc1-c1ccc(F)cc1. The Morgan fingerprint density at radius 1 is 1.03 bits per heavy atom. The van der Waals surface area contributed by atoms with Crippen molar-refractivity contribution in [2.24, 2.45) is 5.10 Å². The highest BCUT2D eigenvalue weighted by Crippen LogP contribution is 2.25. The number of carbonyl (C=O) groups excluding carboxylic acids is 1. The molecule has 7 nitrogen and oxygen atoms in total. The van der Waals surface area contributed by atoms with Gasteiger partial charge in [-0.1, -0.05) is 30.3 Å². The lowest BCUT2D eigenvalue weighted by atomic mass is 10.1. The fraction of sp³-hybridized carbons (Fsp3) is 0.0800. The van der Waals surface area contributed by atoms with E-state index in [9.17, 15) is 9.18 Å². The number of hydrazone groups is 1. The summed E-state index contributed by atoms with van der Waals surface area (Å²) in [5.74, 6) is 0.225. The summed E-state index contributed by atoms with van der Waals surface area (Å²) in [6.45, 7) is -0.230. The van der Waals surface area contributed by atoms with Crippen LogP contribution in [0.5, 0.6) is 11.5 Å². The number of nitrogens with one attached hydrogen (secondary N) is 1. The fourth-order valence-electron chi connectivity index (χ4n) is 3.11. The molecule has 0 aliphatic heterocycles. The number of methoxy groups -OCH3 is 1. The molecule has 3 aromatic carbocycles. The molecule has 1 aromatic heterocycles. The first-order valence-electron chi connectivity index (χ1n) is 10.1. The molecule has 0 atom stereocenters. The molecule has 0 saturated carbocycles. The maximum Gasteiger partial charge on any atom is 0.277 e. The molecule has 4 rings (SSSR count). The van der Waals surface area contributed by atoms with E-state index in [-0.39, 0.29) is 12.4 Å². The van der Waals surface area contributed by atoms with Gasteiger partial charge in [0.15, 0.2) is 18.1 Å². The number of halogens is 1. The molecule has 166 valence electrons. The zero-order chi connectivity index (χ0) is 23.0. The molecule has 0 saturated heterocycles. The minimum atomic E-state index is -0.434. The van der Waals surface area contributed by atoms with Crippen LogP contribution in [0.3, 0.4) is 0 Å². The van der Waals surface area contributed by atoms with Crippen LogP contribution < -0.4 is 14.9 Å². The minimum Gasteiger partial charge on any atom is -0.493 e. The van der Waals surface area contributed by atoms with Crippen LogP contribution in [-0.4, -0.2) is 35.6 Å². The van der Waals surface area contributed by atoms with E-state index in [2.05, 4.69) is 15.6 Å². The Balaban J connectivity index is 1.49. The van der Waals surface area contributed by atoms with E-state index in [1.54, 1.807) is 41.2 Å². The van der Waals surface area contributed by atoms with Gasteiger partial charge in [0.1, 0.15) is 11.5 Å². The number of benzene rings is 3. The van der Waals surface area contributed by atoms with Crippen LogP contribution in [0.25, 0.3) is 16.9 Å². The van der Waals surface area contributed by atoms with Crippen molar-refractivity contribution >= 4 is 12.1 Å². The van der Waals surface area contributed by atoms with E-state index in [0.29, 0.717) is 22.8 Å². The third kappa shape index (κ3) is 5.43. The lowest BCUT2D eigenvalue weighted by Gasteiger charge is -2.09. The smallest absolute Gasteiger partial charge is 0.277 e. The Morgan fingerprint density at radius 2 is 1.73 bits per heavy atom. The predicted octanol–water partition coefficient (Wildman–Crippen LogP) is 4.22. The average molecular weight is 444 g/mol. The second kappa shape index (κ2) is 10.2. The number of aromatic nitrogens is 2. The highest BCUT2D eigenvalue weighted by atomic mass is 19.1. The molecule has 33 heavy (non-hydrogen) atoms. The van der Waals surface area contributed by atoms with E-state index >= 15 is 0 Å². The Bertz CT molecular complexity index is 1250. The molecule has 0 radical (unpaired) electrons. The van der Waals surface area contributed by atoms with Crippen LogP contribution in [-0.2, 0) is 4.79 Å². The monoisotopic (exact) mass is 444 g/mol. The molecule has 0 spiro atoms. The Hall–Kier alpha value is -4.46. The van der Waals surface area contributed by atoms with Crippen LogP contribution in [0.1, 0.15) is 5.56 Å². The van der Waals surface area contributed by atoms with E-state index in [1.165, 1.54) is 25.5 Å². The molecule has 0 aliphatic carbocycles. The lowest BCUT2D eigenvalue weighted by Crippen LogP contribution is -2.24. The average Bonchev–Trinajstić information content (AvgIpc) is 3.28. The largest absolute Gasteiger partial charge is 0.493 e. The van der Waals surface area contributed by atoms with Crippen LogP contribution in [0.15, 0.2) is 90.2 Å². The van der Waals surface area contributed by atoms with Gasteiger partial charge in [-0.3, -0.25) is 4.79 Å². The number of hydrogen-bond acceptors (Lipinski definition) is 5. The van der Waals surface area contributed by atoms with E-state index < -0.39 is 5.91 Å². The second-order valence-electron chi connectivity index (χ2n) is 6.95. The first-order chi connectivity index (χ1) is 16.1. The third-order valence-corrected chi connectivity index (χ3v) is 4.70. The summed E-state index contributed by atoms with van der Waals surface area (Å²) < 4.78 is 25.8. The highest BCUT2D eigenvalue weighted by Gasteiger charge is 2.12. The normalized spacial score (nSPS) is 10.8. The molecule has 1 amide bonds. The Labute approximate surface area is 190 Å². The van der Waals surface area contributed by atoms with Crippen LogP contribution in [0.4, 0.5) is 4.39 Å². The first-order valence-corrected chi connectivity index (χ1v) is 10.1. The van der Waals surface area contributed by atoms with Crippen LogP contribution in [0, 0.1) is 5.82 Å². The summed E-state index contributed by atoms with van der Waals surface area (Å²) in [4.78, 5) is 12.2. The summed E-state index contributed by atoms with van der Waals surface area (Å²) >= 11 is 0. The summed E-state index contributed by atoms with van der Waals surface area (Å²) in [5.41, 5.74) is 5.27. The number of rotatable bonds is 8. The van der Waals surface area contributed by atoms with E-state index in [0.717, 1.165) is 11.3 Å². The third-order valence-electron chi connectivity index (χ3n) is 4.70. The van der Waals surface area contributed by atoms with Crippen LogP contribution >= 0.6 is 0 Å². The number of ether oxygens (including phenoxy) is 2. The standard InChI is InChI=1S/C25H21FN4O3/c1-32-22-9-5-6-10-23(22)33-17-24(31)28-27-15-19-16-30(21-7-3-2-4-8-21)29-25(19)18-11-13-20(26)14-12-18/h2-16H,17H2,1H3,(H,28,31)/b27-15+. The molecule has 1 heterocycles. The quantitative estimate of drug-likeness (QED) is 0.326.